The molecule has 1 N–H and O–H groups in total. The average molecular weight is 337 g/mol. The molecule has 1 aromatic rings. The van der Waals surface area contributed by atoms with Gasteiger partial charge in [0.2, 0.25) is 0 Å². The fourth-order valence-corrected chi connectivity index (χ4v) is 1.85. The molecule has 0 saturated carbocycles. The van der Waals surface area contributed by atoms with Crippen LogP contribution in [0.3, 0.4) is 0 Å². The Balaban J connectivity index is 2.82. The molecule has 0 atom stereocenters. The molecule has 0 aromatic heterocycles. The molecule has 0 radical (unpaired) electrons. The third-order valence-corrected chi connectivity index (χ3v) is 2.85. The number of hydrogen-bond donors (Lipinski definition) is 1. The van der Waals surface area contributed by atoms with Gasteiger partial charge in [-0.1, -0.05) is 13.3 Å². The molecule has 0 aliphatic rings. The smallest absolute Gasteiger partial charge is 0.412 e. The number of carbonyl (C=O) groups is 2. The van der Waals surface area contributed by atoms with Gasteiger partial charge in [-0.15, -0.1) is 0 Å². The number of amides is 1. The molecule has 6 heteroatoms. The van der Waals surface area contributed by atoms with Gasteiger partial charge in [0, 0.05) is 18.2 Å². The Morgan fingerprint density at radius 1 is 1.12 bits per heavy atom. The number of hydrogen-bond acceptors (Lipinski definition) is 5. The lowest BCUT2D eigenvalue weighted by atomic mass is 10.2. The zero-order valence-electron chi connectivity index (χ0n) is 15.1. The molecule has 0 heterocycles. The summed E-state index contributed by atoms with van der Waals surface area (Å²) in [5.41, 5.74) is -0.0808. The summed E-state index contributed by atoms with van der Waals surface area (Å²) in [5.74, 6) is 0.439. The summed E-state index contributed by atoms with van der Waals surface area (Å²) in [7, 11) is 0. The predicted octanol–water partition coefficient (Wildman–Crippen LogP) is 4.53. The van der Waals surface area contributed by atoms with E-state index in [1.807, 2.05) is 13.8 Å². The van der Waals surface area contributed by atoms with Crippen LogP contribution in [-0.4, -0.2) is 24.3 Å². The van der Waals surface area contributed by atoms with Gasteiger partial charge in [0.25, 0.3) is 0 Å². The first-order valence-electron chi connectivity index (χ1n) is 8.22. The number of nitrogens with one attached hydrogen (secondary N) is 1. The Labute approximate surface area is 143 Å². The van der Waals surface area contributed by atoms with E-state index >= 15 is 0 Å². The zero-order valence-corrected chi connectivity index (χ0v) is 15.1. The number of benzene rings is 1. The van der Waals surface area contributed by atoms with E-state index in [1.54, 1.807) is 39.0 Å². The maximum atomic E-state index is 11.8. The van der Waals surface area contributed by atoms with E-state index < -0.39 is 11.7 Å². The summed E-state index contributed by atoms with van der Waals surface area (Å²) in [4.78, 5) is 23.6. The number of rotatable bonds is 7. The zero-order chi connectivity index (χ0) is 18.2. The van der Waals surface area contributed by atoms with E-state index in [9.17, 15) is 9.59 Å². The van der Waals surface area contributed by atoms with Crippen molar-refractivity contribution in [1.29, 1.82) is 0 Å². The molecule has 0 fully saturated rings. The lowest BCUT2D eigenvalue weighted by Gasteiger charge is -2.20. The lowest BCUT2D eigenvalue weighted by molar-refractivity contribution is -0.134. The van der Waals surface area contributed by atoms with Crippen molar-refractivity contribution < 1.29 is 23.8 Å². The van der Waals surface area contributed by atoms with Crippen LogP contribution in [0.1, 0.15) is 53.9 Å². The molecule has 0 aliphatic heterocycles. The standard InChI is InChI=1S/C18H27NO5/c1-6-8-9-16(20)23-14-11-10-13(12-15(14)22-7-2)19-17(21)24-18(3,4)5/h10-12H,6-9H2,1-5H3,(H,19,21). The van der Waals surface area contributed by atoms with Gasteiger partial charge >= 0.3 is 12.1 Å². The second kappa shape index (κ2) is 9.15. The molecule has 134 valence electrons. The van der Waals surface area contributed by atoms with Crippen LogP contribution in [0.25, 0.3) is 0 Å². The SMILES string of the molecule is CCCCC(=O)Oc1ccc(NC(=O)OC(C)(C)C)cc1OCC. The molecule has 1 amide bonds. The van der Waals surface area contributed by atoms with Crippen molar-refractivity contribution in [3.63, 3.8) is 0 Å². The third kappa shape index (κ3) is 7.35. The minimum Gasteiger partial charge on any atom is -0.490 e. The monoisotopic (exact) mass is 337 g/mol. The van der Waals surface area contributed by atoms with Gasteiger partial charge in [0.15, 0.2) is 11.5 Å². The highest BCUT2D eigenvalue weighted by atomic mass is 16.6. The fraction of sp³-hybridized carbons (Fsp3) is 0.556. The normalized spacial score (nSPS) is 10.9. The second-order valence-corrected chi connectivity index (χ2v) is 6.30. The van der Waals surface area contributed by atoms with Crippen molar-refractivity contribution in [2.45, 2.75) is 59.5 Å². The van der Waals surface area contributed by atoms with Crippen LogP contribution in [-0.2, 0) is 9.53 Å². The van der Waals surface area contributed by atoms with Gasteiger partial charge in [-0.05, 0) is 46.2 Å². The summed E-state index contributed by atoms with van der Waals surface area (Å²) in [6.07, 6.45) is 1.50. The Morgan fingerprint density at radius 2 is 1.83 bits per heavy atom. The van der Waals surface area contributed by atoms with Crippen molar-refractivity contribution in [1.82, 2.24) is 0 Å². The maximum absolute atomic E-state index is 11.8. The Morgan fingerprint density at radius 3 is 2.42 bits per heavy atom. The van der Waals surface area contributed by atoms with Crippen LogP contribution in [0, 0.1) is 0 Å². The summed E-state index contributed by atoms with van der Waals surface area (Å²) in [5, 5.41) is 2.63. The third-order valence-electron chi connectivity index (χ3n) is 2.85. The topological polar surface area (TPSA) is 73.9 Å². The summed E-state index contributed by atoms with van der Waals surface area (Å²) < 4.78 is 16.0. The molecular weight excluding hydrogens is 310 g/mol. The van der Waals surface area contributed by atoms with Crippen molar-refractivity contribution in [2.24, 2.45) is 0 Å². The van der Waals surface area contributed by atoms with Gasteiger partial charge in [-0.3, -0.25) is 10.1 Å². The molecule has 0 aliphatic carbocycles. The van der Waals surface area contributed by atoms with E-state index in [0.29, 0.717) is 30.2 Å². The first kappa shape index (κ1) is 19.8. The Kier molecular flexibility index (Phi) is 7.55. The molecule has 1 aromatic carbocycles. The first-order valence-corrected chi connectivity index (χ1v) is 8.22. The highest BCUT2D eigenvalue weighted by Gasteiger charge is 2.17. The van der Waals surface area contributed by atoms with E-state index in [1.165, 1.54) is 0 Å². The highest BCUT2D eigenvalue weighted by Crippen LogP contribution is 2.31. The van der Waals surface area contributed by atoms with E-state index in [4.69, 9.17) is 14.2 Å². The molecule has 0 unspecified atom stereocenters. The van der Waals surface area contributed by atoms with Crippen molar-refractivity contribution in [3.8, 4) is 11.5 Å². The number of carbonyl (C=O) groups excluding carboxylic acids is 2. The first-order chi connectivity index (χ1) is 11.2. The number of anilines is 1. The van der Waals surface area contributed by atoms with Crippen LogP contribution >= 0.6 is 0 Å². The van der Waals surface area contributed by atoms with Gasteiger partial charge < -0.3 is 14.2 Å². The highest BCUT2D eigenvalue weighted by molar-refractivity contribution is 5.85. The molecule has 0 saturated heterocycles. The van der Waals surface area contributed by atoms with E-state index in [-0.39, 0.29) is 5.97 Å². The van der Waals surface area contributed by atoms with Crippen molar-refractivity contribution in [3.05, 3.63) is 18.2 Å². The largest absolute Gasteiger partial charge is 0.490 e. The van der Waals surface area contributed by atoms with Gasteiger partial charge in [0.05, 0.1) is 6.61 Å². The quantitative estimate of drug-likeness (QED) is 0.584. The maximum Gasteiger partial charge on any atom is 0.412 e. The summed E-state index contributed by atoms with van der Waals surface area (Å²) in [6.45, 7) is 9.62. The average Bonchev–Trinajstić information content (AvgIpc) is 2.46. The number of ether oxygens (including phenoxy) is 3. The molecule has 1 rings (SSSR count). The number of unbranched alkanes of at least 4 members (excludes halogenated alkanes) is 1. The van der Waals surface area contributed by atoms with Crippen LogP contribution in [0.2, 0.25) is 0 Å². The number of esters is 1. The lowest BCUT2D eigenvalue weighted by Crippen LogP contribution is -2.27. The molecule has 6 nitrogen and oxygen atoms in total. The molecule has 0 spiro atoms. The van der Waals surface area contributed by atoms with Crippen molar-refractivity contribution in [2.75, 3.05) is 11.9 Å². The van der Waals surface area contributed by atoms with Crippen LogP contribution in [0.4, 0.5) is 10.5 Å². The van der Waals surface area contributed by atoms with Crippen LogP contribution < -0.4 is 14.8 Å². The van der Waals surface area contributed by atoms with Gasteiger partial charge in [0.1, 0.15) is 5.60 Å². The molecule has 24 heavy (non-hydrogen) atoms. The Bertz CT molecular complexity index is 563. The van der Waals surface area contributed by atoms with Gasteiger partial charge in [-0.25, -0.2) is 4.79 Å². The second-order valence-electron chi connectivity index (χ2n) is 6.30. The van der Waals surface area contributed by atoms with Crippen LogP contribution in [0.15, 0.2) is 18.2 Å². The van der Waals surface area contributed by atoms with E-state index in [0.717, 1.165) is 12.8 Å². The Hall–Kier alpha value is -2.24. The van der Waals surface area contributed by atoms with Crippen molar-refractivity contribution >= 4 is 17.7 Å². The molecule has 0 bridgehead atoms. The fourth-order valence-electron chi connectivity index (χ4n) is 1.85. The van der Waals surface area contributed by atoms with Gasteiger partial charge in [-0.2, -0.15) is 0 Å². The minimum atomic E-state index is -0.582. The predicted molar refractivity (Wildman–Crippen MR) is 92.6 cm³/mol. The minimum absolute atomic E-state index is 0.300. The summed E-state index contributed by atoms with van der Waals surface area (Å²) in [6, 6.07) is 4.84. The molecular formula is C18H27NO5. The van der Waals surface area contributed by atoms with Crippen LogP contribution in [0.5, 0.6) is 11.5 Å². The van der Waals surface area contributed by atoms with E-state index in [2.05, 4.69) is 5.32 Å². The summed E-state index contributed by atoms with van der Waals surface area (Å²) >= 11 is 0.